The zero-order valence-corrected chi connectivity index (χ0v) is 14.0. The van der Waals surface area contributed by atoms with Gasteiger partial charge in [-0.2, -0.15) is 5.26 Å². The smallest absolute Gasteiger partial charge is 0.407 e. The number of thiophene rings is 1. The van der Waals surface area contributed by atoms with Crippen LogP contribution in [0.3, 0.4) is 0 Å². The van der Waals surface area contributed by atoms with Crippen molar-refractivity contribution in [2.75, 3.05) is 11.9 Å². The van der Waals surface area contributed by atoms with Crippen LogP contribution in [0, 0.1) is 11.3 Å². The first kappa shape index (κ1) is 16.7. The molecule has 0 bridgehead atoms. The van der Waals surface area contributed by atoms with Crippen molar-refractivity contribution in [1.82, 2.24) is 4.90 Å². The minimum absolute atomic E-state index is 0.250. The number of anilines is 1. The maximum absolute atomic E-state index is 12.1. The maximum atomic E-state index is 12.1. The third-order valence-corrected chi connectivity index (χ3v) is 5.03. The molecule has 1 aliphatic rings. The van der Waals surface area contributed by atoms with E-state index in [4.69, 9.17) is 5.11 Å². The van der Waals surface area contributed by atoms with Crippen LogP contribution in [0.4, 0.5) is 9.80 Å². The molecule has 126 valence electrons. The number of fused-ring (bicyclic) bond motifs is 1. The number of benzene rings is 1. The molecular formula is C18H15N3O3S. The number of carbonyl (C=O) groups excluding carboxylic acids is 1. The van der Waals surface area contributed by atoms with E-state index in [-0.39, 0.29) is 12.5 Å². The molecule has 2 N–H and O–H groups in total. The van der Waals surface area contributed by atoms with E-state index in [0.29, 0.717) is 23.5 Å². The lowest BCUT2D eigenvalue weighted by atomic mass is 10.0. The Kier molecular flexibility index (Phi) is 4.82. The van der Waals surface area contributed by atoms with E-state index in [9.17, 15) is 14.9 Å². The summed E-state index contributed by atoms with van der Waals surface area (Å²) < 4.78 is 0. The molecule has 1 aromatic carbocycles. The molecule has 0 saturated heterocycles. The molecule has 3 rings (SSSR count). The van der Waals surface area contributed by atoms with Crippen molar-refractivity contribution in [2.45, 2.75) is 13.0 Å². The van der Waals surface area contributed by atoms with Crippen LogP contribution >= 0.6 is 11.3 Å². The average Bonchev–Trinajstić information content (AvgIpc) is 2.96. The quantitative estimate of drug-likeness (QED) is 0.828. The summed E-state index contributed by atoms with van der Waals surface area (Å²) in [5.41, 5.74) is 2.18. The zero-order valence-electron chi connectivity index (χ0n) is 13.2. The summed E-state index contributed by atoms with van der Waals surface area (Å²) in [6.45, 7) is 0.606. The topological polar surface area (TPSA) is 93.4 Å². The molecule has 1 aromatic heterocycles. The van der Waals surface area contributed by atoms with Crippen LogP contribution in [0.5, 0.6) is 0 Å². The summed E-state index contributed by atoms with van der Waals surface area (Å²) >= 11 is 1.26. The van der Waals surface area contributed by atoms with E-state index in [1.807, 2.05) is 30.3 Å². The van der Waals surface area contributed by atoms with Crippen molar-refractivity contribution >= 4 is 34.4 Å². The number of carboxylic acid groups (broad SMARTS) is 1. The van der Waals surface area contributed by atoms with Gasteiger partial charge < -0.3 is 15.3 Å². The highest BCUT2D eigenvalue weighted by molar-refractivity contribution is 7.16. The van der Waals surface area contributed by atoms with Gasteiger partial charge in [0.25, 0.3) is 0 Å². The van der Waals surface area contributed by atoms with Gasteiger partial charge in [-0.1, -0.05) is 30.3 Å². The number of carbonyl (C=O) groups is 2. The van der Waals surface area contributed by atoms with Crippen LogP contribution in [0.25, 0.3) is 6.08 Å². The number of hydrogen-bond donors (Lipinski definition) is 2. The van der Waals surface area contributed by atoms with Gasteiger partial charge in [0.1, 0.15) is 11.1 Å². The van der Waals surface area contributed by atoms with Crippen molar-refractivity contribution in [2.24, 2.45) is 0 Å². The Morgan fingerprint density at radius 1 is 1.32 bits per heavy atom. The Bertz CT molecular complexity index is 881. The fourth-order valence-corrected chi connectivity index (χ4v) is 3.88. The second-order valence-corrected chi connectivity index (χ2v) is 6.61. The fraction of sp³-hybridized carbons (Fsp3) is 0.167. The molecular weight excluding hydrogens is 338 g/mol. The van der Waals surface area contributed by atoms with E-state index >= 15 is 0 Å². The van der Waals surface area contributed by atoms with E-state index in [2.05, 4.69) is 11.4 Å². The van der Waals surface area contributed by atoms with Gasteiger partial charge in [0, 0.05) is 17.5 Å². The van der Waals surface area contributed by atoms with Crippen LogP contribution in [-0.4, -0.2) is 28.6 Å². The van der Waals surface area contributed by atoms with Crippen molar-refractivity contribution in [3.8, 4) is 6.07 Å². The van der Waals surface area contributed by atoms with E-state index in [1.54, 1.807) is 6.08 Å². The molecule has 0 saturated carbocycles. The largest absolute Gasteiger partial charge is 0.465 e. The first-order valence-corrected chi connectivity index (χ1v) is 8.46. The Morgan fingerprint density at radius 2 is 2.08 bits per heavy atom. The number of nitrogens with zero attached hydrogens (tertiary/aromatic N) is 2. The number of nitriles is 1. The standard InChI is InChI=1S/C18H15N3O3S/c19-10-14-13-8-9-21(18(23)24)11-15(13)25-17(14)20-16(22)7-6-12-4-2-1-3-5-12/h1-7H,8-9,11H2,(H,20,22)(H,23,24). The molecule has 0 spiro atoms. The highest BCUT2D eigenvalue weighted by atomic mass is 32.1. The second-order valence-electron chi connectivity index (χ2n) is 5.51. The van der Waals surface area contributed by atoms with Crippen LogP contribution in [0.2, 0.25) is 0 Å². The first-order chi connectivity index (χ1) is 12.1. The molecule has 7 heteroatoms. The van der Waals surface area contributed by atoms with Crippen LogP contribution in [0.1, 0.15) is 21.6 Å². The third kappa shape index (κ3) is 3.70. The SMILES string of the molecule is N#Cc1c(NC(=O)C=Cc2ccccc2)sc2c1CCN(C(=O)O)C2. The highest BCUT2D eigenvalue weighted by Crippen LogP contribution is 2.36. The molecule has 2 aromatic rings. The van der Waals surface area contributed by atoms with Gasteiger partial charge in [-0.3, -0.25) is 4.79 Å². The second kappa shape index (κ2) is 7.20. The summed E-state index contributed by atoms with van der Waals surface area (Å²) in [6, 6.07) is 11.6. The lowest BCUT2D eigenvalue weighted by Gasteiger charge is -2.23. The summed E-state index contributed by atoms with van der Waals surface area (Å²) in [7, 11) is 0. The van der Waals surface area contributed by atoms with E-state index in [0.717, 1.165) is 16.0 Å². The molecule has 0 aliphatic carbocycles. The van der Waals surface area contributed by atoms with Crippen molar-refractivity contribution in [3.63, 3.8) is 0 Å². The number of amides is 2. The summed E-state index contributed by atoms with van der Waals surface area (Å²) in [4.78, 5) is 25.4. The van der Waals surface area contributed by atoms with Gasteiger partial charge in [-0.05, 0) is 23.6 Å². The molecule has 2 amide bonds. The van der Waals surface area contributed by atoms with Gasteiger partial charge in [0.05, 0.1) is 12.1 Å². The van der Waals surface area contributed by atoms with Gasteiger partial charge >= 0.3 is 6.09 Å². The number of hydrogen-bond acceptors (Lipinski definition) is 4. The predicted molar refractivity (Wildman–Crippen MR) is 95.3 cm³/mol. The highest BCUT2D eigenvalue weighted by Gasteiger charge is 2.27. The third-order valence-electron chi connectivity index (χ3n) is 3.90. The van der Waals surface area contributed by atoms with Crippen molar-refractivity contribution < 1.29 is 14.7 Å². The molecule has 1 aliphatic heterocycles. The molecule has 0 fully saturated rings. The first-order valence-electron chi connectivity index (χ1n) is 7.65. The Hall–Kier alpha value is -3.11. The van der Waals surface area contributed by atoms with E-state index in [1.165, 1.54) is 22.3 Å². The summed E-state index contributed by atoms with van der Waals surface area (Å²) in [5, 5.41) is 21.7. The lowest BCUT2D eigenvalue weighted by Crippen LogP contribution is -2.34. The van der Waals surface area contributed by atoms with Crippen LogP contribution in [0.15, 0.2) is 36.4 Å². The Balaban J connectivity index is 1.77. The van der Waals surface area contributed by atoms with Gasteiger partial charge in [-0.15, -0.1) is 11.3 Å². The zero-order chi connectivity index (χ0) is 17.8. The average molecular weight is 353 g/mol. The molecule has 6 nitrogen and oxygen atoms in total. The van der Waals surface area contributed by atoms with Gasteiger partial charge in [0.2, 0.25) is 5.91 Å². The lowest BCUT2D eigenvalue weighted by molar-refractivity contribution is -0.111. The molecule has 0 atom stereocenters. The Labute approximate surface area is 148 Å². The monoisotopic (exact) mass is 353 g/mol. The number of nitrogens with one attached hydrogen (secondary N) is 1. The maximum Gasteiger partial charge on any atom is 0.407 e. The predicted octanol–water partition coefficient (Wildman–Crippen LogP) is 3.31. The molecule has 25 heavy (non-hydrogen) atoms. The molecule has 0 radical (unpaired) electrons. The van der Waals surface area contributed by atoms with Crippen molar-refractivity contribution in [1.29, 1.82) is 5.26 Å². The van der Waals surface area contributed by atoms with E-state index < -0.39 is 6.09 Å². The minimum Gasteiger partial charge on any atom is -0.465 e. The van der Waals surface area contributed by atoms with Crippen molar-refractivity contribution in [3.05, 3.63) is 58.0 Å². The normalized spacial score (nSPS) is 13.3. The summed E-state index contributed by atoms with van der Waals surface area (Å²) in [5.74, 6) is -0.325. The van der Waals surface area contributed by atoms with Gasteiger partial charge in [0.15, 0.2) is 0 Å². The molecule has 0 unspecified atom stereocenters. The fourth-order valence-electron chi connectivity index (χ4n) is 2.66. The number of rotatable bonds is 3. The van der Waals surface area contributed by atoms with Crippen LogP contribution < -0.4 is 5.32 Å². The molecule has 2 heterocycles. The van der Waals surface area contributed by atoms with Gasteiger partial charge in [-0.25, -0.2) is 4.79 Å². The summed E-state index contributed by atoms with van der Waals surface area (Å²) in [6.07, 6.45) is 2.62. The van der Waals surface area contributed by atoms with Crippen LogP contribution in [-0.2, 0) is 17.8 Å². The minimum atomic E-state index is -0.978. The Morgan fingerprint density at radius 3 is 2.76 bits per heavy atom.